The summed E-state index contributed by atoms with van der Waals surface area (Å²) in [6, 6.07) is 10.2. The number of carbonyl (C=O) groups is 2. The summed E-state index contributed by atoms with van der Waals surface area (Å²) in [5.74, 6) is 0.0650. The molecule has 9 heteroatoms. The Bertz CT molecular complexity index is 916. The minimum atomic E-state index is -1.04. The molecule has 0 aliphatic carbocycles. The maximum Gasteiger partial charge on any atom is 0.328 e. The van der Waals surface area contributed by atoms with Crippen LogP contribution in [0.25, 0.3) is 12.2 Å². The smallest absolute Gasteiger partial charge is 0.328 e. The van der Waals surface area contributed by atoms with Gasteiger partial charge in [0.1, 0.15) is 36.2 Å². The monoisotopic (exact) mass is 458 g/mol. The predicted molar refractivity (Wildman–Crippen MR) is 121 cm³/mol. The molecule has 2 aromatic carbocycles. The van der Waals surface area contributed by atoms with E-state index in [2.05, 4.69) is 0 Å². The first-order valence-electron chi connectivity index (χ1n) is 9.94. The Morgan fingerprint density at radius 3 is 1.52 bits per heavy atom. The molecule has 2 rings (SSSR count). The Hall–Kier alpha value is -3.98. The van der Waals surface area contributed by atoms with Gasteiger partial charge in [0, 0.05) is 35.4 Å². The molecule has 2 N–H and O–H groups in total. The van der Waals surface area contributed by atoms with Crippen molar-refractivity contribution >= 4 is 24.1 Å². The van der Waals surface area contributed by atoms with Crippen LogP contribution < -0.4 is 18.9 Å². The van der Waals surface area contributed by atoms with E-state index in [1.54, 1.807) is 36.4 Å². The molecule has 0 heterocycles. The summed E-state index contributed by atoms with van der Waals surface area (Å²) in [6.45, 7) is 1.31. The lowest BCUT2D eigenvalue weighted by atomic mass is 10.2. The Morgan fingerprint density at radius 2 is 1.15 bits per heavy atom. The maximum atomic E-state index is 10.7. The molecule has 0 aliphatic heterocycles. The van der Waals surface area contributed by atoms with Crippen molar-refractivity contribution in [3.63, 3.8) is 0 Å². The van der Waals surface area contributed by atoms with E-state index in [0.717, 1.165) is 12.2 Å². The van der Waals surface area contributed by atoms with Crippen LogP contribution >= 0.6 is 0 Å². The summed E-state index contributed by atoms with van der Waals surface area (Å²) in [6.07, 6.45) is 4.97. The van der Waals surface area contributed by atoms with E-state index in [4.69, 9.17) is 33.9 Å². The summed E-state index contributed by atoms with van der Waals surface area (Å²) < 4.78 is 27.3. The second kappa shape index (κ2) is 13.4. The van der Waals surface area contributed by atoms with Crippen LogP contribution in [0.2, 0.25) is 0 Å². The Labute approximate surface area is 191 Å². The zero-order valence-electron chi connectivity index (χ0n) is 18.4. The Balaban J connectivity index is 1.73. The molecule has 0 amide bonds. The van der Waals surface area contributed by atoms with Gasteiger partial charge < -0.3 is 33.9 Å². The van der Waals surface area contributed by atoms with Crippen LogP contribution in [0.4, 0.5) is 0 Å². The molecule has 0 aliphatic rings. The molecular formula is C24H26O9. The van der Waals surface area contributed by atoms with Crippen molar-refractivity contribution in [2.24, 2.45) is 0 Å². The van der Waals surface area contributed by atoms with Crippen LogP contribution in [-0.2, 0) is 14.3 Å². The highest BCUT2D eigenvalue weighted by atomic mass is 16.5. The molecular weight excluding hydrogens is 432 g/mol. The number of benzene rings is 2. The van der Waals surface area contributed by atoms with E-state index in [9.17, 15) is 9.59 Å². The quantitative estimate of drug-likeness (QED) is 0.324. The zero-order valence-corrected chi connectivity index (χ0v) is 18.4. The largest absolute Gasteiger partial charge is 0.496 e. The first-order valence-corrected chi connectivity index (χ1v) is 9.94. The third-order valence-corrected chi connectivity index (χ3v) is 4.21. The molecule has 9 nitrogen and oxygen atoms in total. The normalized spacial score (nSPS) is 11.0. The summed E-state index contributed by atoms with van der Waals surface area (Å²) in [5, 5.41) is 17.5. The van der Waals surface area contributed by atoms with E-state index in [-0.39, 0.29) is 0 Å². The van der Waals surface area contributed by atoms with Crippen molar-refractivity contribution in [2.75, 3.05) is 40.6 Å². The molecule has 2 aromatic rings. The Morgan fingerprint density at radius 1 is 0.727 bits per heavy atom. The maximum absolute atomic E-state index is 10.7. The van der Waals surface area contributed by atoms with Crippen LogP contribution in [0.3, 0.4) is 0 Å². The number of aliphatic carboxylic acids is 2. The summed E-state index contributed by atoms with van der Waals surface area (Å²) >= 11 is 0. The van der Waals surface area contributed by atoms with E-state index < -0.39 is 11.9 Å². The number of ether oxygens (including phenoxy) is 5. The van der Waals surface area contributed by atoms with Gasteiger partial charge in [0.2, 0.25) is 0 Å². The number of carboxylic acid groups (broad SMARTS) is 2. The standard InChI is InChI=1S/C24H26O9/c1-29-21-15-19(7-3-17(21)5-9-23(25)26)32-13-11-31-12-14-33-20-8-4-18(6-10-24(27)28)22(16-20)30-2/h3-10,15-16H,11-14H2,1-2H3,(H,25,26)(H,27,28)/b9-5-,10-6+. The second-order valence-corrected chi connectivity index (χ2v) is 6.46. The van der Waals surface area contributed by atoms with Crippen LogP contribution in [-0.4, -0.2) is 62.8 Å². The molecule has 33 heavy (non-hydrogen) atoms. The fraction of sp³-hybridized carbons (Fsp3) is 0.250. The third kappa shape index (κ3) is 8.96. The van der Waals surface area contributed by atoms with Crippen molar-refractivity contribution in [3.05, 3.63) is 59.7 Å². The molecule has 0 fully saturated rings. The van der Waals surface area contributed by atoms with E-state index in [1.165, 1.54) is 26.4 Å². The molecule has 0 saturated heterocycles. The van der Waals surface area contributed by atoms with Gasteiger partial charge >= 0.3 is 11.9 Å². The predicted octanol–water partition coefficient (Wildman–Crippen LogP) is 3.37. The zero-order chi connectivity index (χ0) is 24.1. The van der Waals surface area contributed by atoms with Crippen molar-refractivity contribution < 1.29 is 43.5 Å². The lowest BCUT2D eigenvalue weighted by molar-refractivity contribution is -0.132. The fourth-order valence-corrected chi connectivity index (χ4v) is 2.70. The highest BCUT2D eigenvalue weighted by Gasteiger charge is 2.05. The number of hydrogen-bond acceptors (Lipinski definition) is 7. The number of rotatable bonds is 14. The van der Waals surface area contributed by atoms with Crippen molar-refractivity contribution in [3.8, 4) is 23.0 Å². The van der Waals surface area contributed by atoms with Gasteiger partial charge in [-0.15, -0.1) is 0 Å². The van der Waals surface area contributed by atoms with Gasteiger partial charge in [-0.25, -0.2) is 9.59 Å². The van der Waals surface area contributed by atoms with Gasteiger partial charge in [-0.1, -0.05) is 0 Å². The van der Waals surface area contributed by atoms with Crippen molar-refractivity contribution in [1.82, 2.24) is 0 Å². The van der Waals surface area contributed by atoms with Gasteiger partial charge in [-0.05, 0) is 36.4 Å². The lowest BCUT2D eigenvalue weighted by Crippen LogP contribution is -2.12. The highest BCUT2D eigenvalue weighted by molar-refractivity contribution is 5.86. The second-order valence-electron chi connectivity index (χ2n) is 6.46. The van der Waals surface area contributed by atoms with Crippen molar-refractivity contribution in [1.29, 1.82) is 0 Å². The summed E-state index contributed by atoms with van der Waals surface area (Å²) in [4.78, 5) is 21.3. The summed E-state index contributed by atoms with van der Waals surface area (Å²) in [5.41, 5.74) is 1.26. The lowest BCUT2D eigenvalue weighted by Gasteiger charge is -2.11. The van der Waals surface area contributed by atoms with Crippen LogP contribution in [0.15, 0.2) is 48.6 Å². The molecule has 0 radical (unpaired) electrons. The number of hydrogen-bond donors (Lipinski definition) is 2. The molecule has 0 aromatic heterocycles. The molecule has 0 saturated carbocycles. The number of carboxylic acids is 2. The van der Waals surface area contributed by atoms with E-state index in [0.29, 0.717) is 60.6 Å². The average molecular weight is 458 g/mol. The molecule has 0 unspecified atom stereocenters. The van der Waals surface area contributed by atoms with Crippen LogP contribution in [0, 0.1) is 0 Å². The van der Waals surface area contributed by atoms with Gasteiger partial charge in [0.25, 0.3) is 0 Å². The molecule has 0 bridgehead atoms. The van der Waals surface area contributed by atoms with Gasteiger partial charge in [0.05, 0.1) is 27.4 Å². The first kappa shape index (κ1) is 25.3. The van der Waals surface area contributed by atoms with Gasteiger partial charge in [-0.2, -0.15) is 0 Å². The van der Waals surface area contributed by atoms with Crippen LogP contribution in [0.1, 0.15) is 11.1 Å². The molecule has 0 atom stereocenters. The van der Waals surface area contributed by atoms with Crippen LogP contribution in [0.5, 0.6) is 23.0 Å². The summed E-state index contributed by atoms with van der Waals surface area (Å²) in [7, 11) is 2.99. The topological polar surface area (TPSA) is 121 Å². The third-order valence-electron chi connectivity index (χ3n) is 4.21. The minimum absolute atomic E-state index is 0.311. The van der Waals surface area contributed by atoms with Gasteiger partial charge in [0.15, 0.2) is 0 Å². The average Bonchev–Trinajstić information content (AvgIpc) is 2.81. The molecule has 0 spiro atoms. The Kier molecular flexibility index (Phi) is 10.3. The van der Waals surface area contributed by atoms with Crippen molar-refractivity contribution in [2.45, 2.75) is 0 Å². The molecule has 176 valence electrons. The SMILES string of the molecule is COc1cc(OCCOCCOc2ccc(/C=C/C(=O)O)c(OC)c2)ccc1/C=C\C(=O)O. The number of methoxy groups -OCH3 is 2. The van der Waals surface area contributed by atoms with Gasteiger partial charge in [-0.3, -0.25) is 0 Å². The first-order chi connectivity index (χ1) is 15.9. The van der Waals surface area contributed by atoms with E-state index >= 15 is 0 Å². The minimum Gasteiger partial charge on any atom is -0.496 e. The van der Waals surface area contributed by atoms with E-state index in [1.807, 2.05) is 0 Å². The fourth-order valence-electron chi connectivity index (χ4n) is 2.70. The highest BCUT2D eigenvalue weighted by Crippen LogP contribution is 2.27.